The fourth-order valence-electron chi connectivity index (χ4n) is 2.38. The van der Waals surface area contributed by atoms with Gasteiger partial charge in [0.2, 0.25) is 0 Å². The minimum atomic E-state index is 0.428. The van der Waals surface area contributed by atoms with E-state index in [9.17, 15) is 0 Å². The second-order valence-corrected chi connectivity index (χ2v) is 5.27. The summed E-state index contributed by atoms with van der Waals surface area (Å²) >= 11 is 0. The molecule has 0 saturated carbocycles. The molecule has 1 aliphatic heterocycles. The first kappa shape index (κ1) is 16.9. The zero-order chi connectivity index (χ0) is 13.9. The van der Waals surface area contributed by atoms with E-state index in [-0.39, 0.29) is 0 Å². The van der Waals surface area contributed by atoms with Gasteiger partial charge in [-0.05, 0) is 19.3 Å². The Labute approximate surface area is 117 Å². The van der Waals surface area contributed by atoms with Gasteiger partial charge in [0.05, 0.1) is 19.8 Å². The monoisotopic (exact) mass is 274 g/mol. The maximum Gasteiger partial charge on any atom is 0.0615 e. The van der Waals surface area contributed by atoms with E-state index in [0.717, 1.165) is 52.6 Å². The Balaban J connectivity index is 2.15. The molecule has 1 N–H and O–H groups in total. The zero-order valence-corrected chi connectivity index (χ0v) is 12.7. The van der Waals surface area contributed by atoms with Gasteiger partial charge >= 0.3 is 0 Å². The highest BCUT2D eigenvalue weighted by molar-refractivity contribution is 4.70. The summed E-state index contributed by atoms with van der Waals surface area (Å²) in [5.41, 5.74) is 0. The van der Waals surface area contributed by atoms with Crippen LogP contribution in [0.3, 0.4) is 0 Å². The third-order valence-electron chi connectivity index (χ3n) is 3.65. The van der Waals surface area contributed by atoms with Gasteiger partial charge in [-0.25, -0.2) is 0 Å². The van der Waals surface area contributed by atoms with E-state index >= 15 is 0 Å². The summed E-state index contributed by atoms with van der Waals surface area (Å²) in [6.45, 7) is 9.63. The molecular formula is C14H30N2O3. The van der Waals surface area contributed by atoms with Crippen LogP contribution in [0.4, 0.5) is 0 Å². The van der Waals surface area contributed by atoms with E-state index in [1.165, 1.54) is 6.42 Å². The highest BCUT2D eigenvalue weighted by Gasteiger charge is 2.16. The Morgan fingerprint density at radius 3 is 2.79 bits per heavy atom. The van der Waals surface area contributed by atoms with Crippen molar-refractivity contribution >= 4 is 0 Å². The summed E-state index contributed by atoms with van der Waals surface area (Å²) in [6, 6.07) is 0.428. The molecule has 2 unspecified atom stereocenters. The maximum atomic E-state index is 5.38. The van der Waals surface area contributed by atoms with E-state index in [1.807, 2.05) is 0 Å². The number of ether oxygens (including phenoxy) is 3. The fraction of sp³-hybridized carbons (Fsp3) is 1.00. The minimum absolute atomic E-state index is 0.428. The Morgan fingerprint density at radius 2 is 2.16 bits per heavy atom. The first-order valence-electron chi connectivity index (χ1n) is 7.28. The molecule has 19 heavy (non-hydrogen) atoms. The highest BCUT2D eigenvalue weighted by atomic mass is 16.5. The van der Waals surface area contributed by atoms with Gasteiger partial charge < -0.3 is 19.5 Å². The van der Waals surface area contributed by atoms with Gasteiger partial charge in [0.25, 0.3) is 0 Å². The van der Waals surface area contributed by atoms with Crippen molar-refractivity contribution in [3.05, 3.63) is 0 Å². The lowest BCUT2D eigenvalue weighted by molar-refractivity contribution is 0.0755. The summed E-state index contributed by atoms with van der Waals surface area (Å²) in [7, 11) is 3.50. The number of nitrogens with one attached hydrogen (secondary N) is 1. The quantitative estimate of drug-likeness (QED) is 0.559. The summed E-state index contributed by atoms with van der Waals surface area (Å²) in [4.78, 5) is 2.41. The molecule has 2 atom stereocenters. The van der Waals surface area contributed by atoms with E-state index in [0.29, 0.717) is 12.0 Å². The Hall–Kier alpha value is -0.200. The number of rotatable bonds is 11. The summed E-state index contributed by atoms with van der Waals surface area (Å²) < 4.78 is 15.8. The van der Waals surface area contributed by atoms with Gasteiger partial charge in [-0.3, -0.25) is 4.90 Å². The van der Waals surface area contributed by atoms with Gasteiger partial charge in [0.1, 0.15) is 0 Å². The third-order valence-corrected chi connectivity index (χ3v) is 3.65. The van der Waals surface area contributed by atoms with Crippen molar-refractivity contribution in [2.24, 2.45) is 5.92 Å². The normalized spacial score (nSPS) is 21.2. The van der Waals surface area contributed by atoms with Crippen LogP contribution in [0.5, 0.6) is 0 Å². The molecule has 1 rings (SSSR count). The molecule has 0 amide bonds. The first-order chi connectivity index (χ1) is 9.27. The predicted molar refractivity (Wildman–Crippen MR) is 76.6 cm³/mol. The van der Waals surface area contributed by atoms with E-state index in [2.05, 4.69) is 17.1 Å². The Bertz CT molecular complexity index is 211. The predicted octanol–water partition coefficient (Wildman–Crippen LogP) is 0.596. The van der Waals surface area contributed by atoms with Crippen LogP contribution in [0.2, 0.25) is 0 Å². The van der Waals surface area contributed by atoms with Crippen molar-refractivity contribution in [2.45, 2.75) is 19.4 Å². The molecule has 0 radical (unpaired) electrons. The Kier molecular flexibility index (Phi) is 9.38. The van der Waals surface area contributed by atoms with E-state index in [1.54, 1.807) is 14.2 Å². The smallest absolute Gasteiger partial charge is 0.0615 e. The summed E-state index contributed by atoms with van der Waals surface area (Å²) in [5, 5.41) is 3.53. The van der Waals surface area contributed by atoms with Crippen LogP contribution in [-0.4, -0.2) is 77.8 Å². The molecule has 1 aliphatic rings. The molecule has 114 valence electrons. The topological polar surface area (TPSA) is 43.0 Å². The number of hydrogen-bond acceptors (Lipinski definition) is 5. The molecule has 1 fully saturated rings. The molecule has 0 aromatic carbocycles. The largest absolute Gasteiger partial charge is 0.383 e. The molecule has 5 nitrogen and oxygen atoms in total. The lowest BCUT2D eigenvalue weighted by atomic mass is 10.1. The molecule has 1 saturated heterocycles. The standard InChI is InChI=1S/C14H30N2O3/c1-13(11-18-3)16(7-9-17-2)6-5-15-10-14-4-8-19-12-14/h13-15H,4-12H2,1-3H3. The van der Waals surface area contributed by atoms with Crippen molar-refractivity contribution in [3.8, 4) is 0 Å². The van der Waals surface area contributed by atoms with Gasteiger partial charge in [0.15, 0.2) is 0 Å². The van der Waals surface area contributed by atoms with Crippen LogP contribution in [0.1, 0.15) is 13.3 Å². The lowest BCUT2D eigenvalue weighted by Crippen LogP contribution is -2.43. The number of hydrogen-bond donors (Lipinski definition) is 1. The summed E-state index contributed by atoms with van der Waals surface area (Å²) in [5.74, 6) is 0.698. The van der Waals surface area contributed by atoms with Crippen molar-refractivity contribution < 1.29 is 14.2 Å². The van der Waals surface area contributed by atoms with Crippen LogP contribution >= 0.6 is 0 Å². The maximum absolute atomic E-state index is 5.38. The van der Waals surface area contributed by atoms with E-state index in [4.69, 9.17) is 14.2 Å². The summed E-state index contributed by atoms with van der Waals surface area (Å²) in [6.07, 6.45) is 1.19. The molecule has 0 aromatic heterocycles. The highest BCUT2D eigenvalue weighted by Crippen LogP contribution is 2.10. The van der Waals surface area contributed by atoms with Crippen molar-refractivity contribution in [1.29, 1.82) is 0 Å². The molecule has 0 aliphatic carbocycles. The van der Waals surface area contributed by atoms with Crippen molar-refractivity contribution in [3.63, 3.8) is 0 Å². The molecular weight excluding hydrogens is 244 g/mol. The van der Waals surface area contributed by atoms with Gasteiger partial charge in [0, 0.05) is 53.0 Å². The van der Waals surface area contributed by atoms with Crippen LogP contribution in [0.25, 0.3) is 0 Å². The second kappa shape index (κ2) is 10.6. The van der Waals surface area contributed by atoms with Crippen LogP contribution < -0.4 is 5.32 Å². The molecule has 0 spiro atoms. The van der Waals surface area contributed by atoms with Gasteiger partial charge in [-0.2, -0.15) is 0 Å². The molecule has 1 heterocycles. The van der Waals surface area contributed by atoms with Crippen LogP contribution in [-0.2, 0) is 14.2 Å². The second-order valence-electron chi connectivity index (χ2n) is 5.27. The fourth-order valence-corrected chi connectivity index (χ4v) is 2.38. The van der Waals surface area contributed by atoms with Crippen molar-refractivity contribution in [2.75, 3.05) is 66.8 Å². The minimum Gasteiger partial charge on any atom is -0.383 e. The SMILES string of the molecule is COCCN(CCNCC1CCOC1)C(C)COC. The number of nitrogens with zero attached hydrogens (tertiary/aromatic N) is 1. The van der Waals surface area contributed by atoms with Crippen molar-refractivity contribution in [1.82, 2.24) is 10.2 Å². The Morgan fingerprint density at radius 1 is 1.32 bits per heavy atom. The molecule has 0 bridgehead atoms. The average Bonchev–Trinajstić information content (AvgIpc) is 2.91. The number of methoxy groups -OCH3 is 2. The van der Waals surface area contributed by atoms with Crippen LogP contribution in [0.15, 0.2) is 0 Å². The first-order valence-corrected chi connectivity index (χ1v) is 7.28. The zero-order valence-electron chi connectivity index (χ0n) is 12.7. The van der Waals surface area contributed by atoms with Gasteiger partial charge in [-0.1, -0.05) is 0 Å². The van der Waals surface area contributed by atoms with Gasteiger partial charge in [-0.15, -0.1) is 0 Å². The lowest BCUT2D eigenvalue weighted by Gasteiger charge is -2.28. The average molecular weight is 274 g/mol. The molecule has 5 heteroatoms. The van der Waals surface area contributed by atoms with E-state index < -0.39 is 0 Å². The third kappa shape index (κ3) is 7.22. The van der Waals surface area contributed by atoms with Crippen LogP contribution in [0, 0.1) is 5.92 Å². The molecule has 0 aromatic rings.